The minimum atomic E-state index is -1.80. The Morgan fingerprint density at radius 2 is 1.54 bits per heavy atom. The Hall–Kier alpha value is -2.63. The van der Waals surface area contributed by atoms with Gasteiger partial charge in [0, 0.05) is 11.1 Å². The van der Waals surface area contributed by atoms with Gasteiger partial charge < -0.3 is 10.2 Å². The van der Waals surface area contributed by atoms with Gasteiger partial charge in [-0.25, -0.2) is 9.97 Å². The van der Waals surface area contributed by atoms with E-state index in [1.807, 2.05) is 36.4 Å². The van der Waals surface area contributed by atoms with Crippen LogP contribution in [0.3, 0.4) is 0 Å². The van der Waals surface area contributed by atoms with Crippen molar-refractivity contribution >= 4 is 16.8 Å². The van der Waals surface area contributed by atoms with Crippen LogP contribution < -0.4 is 0 Å². The molecular weight excluding hydrogens is 328 g/mol. The van der Waals surface area contributed by atoms with Gasteiger partial charge in [0.1, 0.15) is 5.69 Å². The van der Waals surface area contributed by atoms with Crippen molar-refractivity contribution in [3.05, 3.63) is 59.8 Å². The van der Waals surface area contributed by atoms with Gasteiger partial charge in [-0.15, -0.1) is 0 Å². The van der Waals surface area contributed by atoms with E-state index >= 15 is 0 Å². The number of nitrogens with zero attached hydrogens (tertiary/aromatic N) is 2. The number of hydrogen-bond donors (Lipinski definition) is 2. The normalized spacial score (nSPS) is 19.3. The van der Waals surface area contributed by atoms with Crippen molar-refractivity contribution in [3.63, 3.8) is 0 Å². The average Bonchev–Trinajstić information content (AvgIpc) is 2.63. The van der Waals surface area contributed by atoms with E-state index in [4.69, 9.17) is 4.98 Å². The molecule has 0 amide bonds. The number of fused-ring (bicyclic) bond motifs is 4. The largest absolute Gasteiger partial charge is 0.390 e. The van der Waals surface area contributed by atoms with Crippen LogP contribution >= 0.6 is 0 Å². The summed E-state index contributed by atoms with van der Waals surface area (Å²) in [5.41, 5.74) is 0.432. The number of carbonyl (C=O) groups excluding carboxylic acids is 1. The molecule has 0 fully saturated rings. The number of Topliss-reactive ketones (excluding diaryl/α,β-unsaturated/α-hetero) is 1. The van der Waals surface area contributed by atoms with Crippen LogP contribution in [0.4, 0.5) is 0 Å². The van der Waals surface area contributed by atoms with Gasteiger partial charge in [-0.3, -0.25) is 4.79 Å². The summed E-state index contributed by atoms with van der Waals surface area (Å²) in [4.78, 5) is 22.5. The van der Waals surface area contributed by atoms with Gasteiger partial charge in [0.25, 0.3) is 0 Å². The van der Waals surface area contributed by atoms with Crippen molar-refractivity contribution in [3.8, 4) is 11.3 Å². The second-order valence-electron chi connectivity index (χ2n) is 7.46. The van der Waals surface area contributed by atoms with E-state index in [0.717, 1.165) is 0 Å². The van der Waals surface area contributed by atoms with Crippen LogP contribution in [0.25, 0.3) is 22.3 Å². The van der Waals surface area contributed by atoms with Crippen LogP contribution in [0.5, 0.6) is 0 Å². The molecule has 3 aromatic rings. The van der Waals surface area contributed by atoms with E-state index in [0.29, 0.717) is 27.9 Å². The highest BCUT2D eigenvalue weighted by atomic mass is 16.3. The molecule has 1 aromatic heterocycles. The van der Waals surface area contributed by atoms with Crippen LogP contribution in [-0.2, 0) is 5.60 Å². The Balaban J connectivity index is 1.98. The number of hydrogen-bond acceptors (Lipinski definition) is 5. The summed E-state index contributed by atoms with van der Waals surface area (Å²) < 4.78 is 0. The molecule has 132 valence electrons. The van der Waals surface area contributed by atoms with Crippen LogP contribution in [0.15, 0.2) is 48.5 Å². The topological polar surface area (TPSA) is 83.3 Å². The first-order chi connectivity index (χ1) is 12.3. The van der Waals surface area contributed by atoms with E-state index in [9.17, 15) is 15.0 Å². The second kappa shape index (κ2) is 5.69. The lowest BCUT2D eigenvalue weighted by Gasteiger charge is -2.34. The SMILES string of the molecule is CC(C)(O)CCC1(O)C(=O)c2ccccc2-c2nc3ccccc3nc21. The molecule has 0 aliphatic heterocycles. The maximum atomic E-state index is 13.2. The van der Waals surface area contributed by atoms with Gasteiger partial charge in [0.15, 0.2) is 5.60 Å². The maximum absolute atomic E-state index is 13.2. The molecule has 1 heterocycles. The predicted molar refractivity (Wildman–Crippen MR) is 98.7 cm³/mol. The Labute approximate surface area is 151 Å². The van der Waals surface area contributed by atoms with Gasteiger partial charge in [-0.2, -0.15) is 0 Å². The molecule has 0 saturated heterocycles. The molecule has 5 nitrogen and oxygen atoms in total. The van der Waals surface area contributed by atoms with Gasteiger partial charge >= 0.3 is 0 Å². The Morgan fingerprint density at radius 1 is 0.962 bits per heavy atom. The minimum absolute atomic E-state index is 0.0731. The number of rotatable bonds is 3. The number of aromatic nitrogens is 2. The standard InChI is InChI=1S/C21H20N2O3/c1-20(2,25)11-12-21(26)18-17(13-7-3-4-8-14(13)19(21)24)22-15-9-5-6-10-16(15)23-18/h3-10,25-26H,11-12H2,1-2H3. The summed E-state index contributed by atoms with van der Waals surface area (Å²) in [6, 6.07) is 14.5. The van der Waals surface area contributed by atoms with E-state index < -0.39 is 17.0 Å². The molecule has 2 aromatic carbocycles. The molecule has 4 rings (SSSR count). The smallest absolute Gasteiger partial charge is 0.201 e. The average molecular weight is 348 g/mol. The predicted octanol–water partition coefficient (Wildman–Crippen LogP) is 3.23. The van der Waals surface area contributed by atoms with Crippen molar-refractivity contribution in [1.82, 2.24) is 9.97 Å². The highest BCUT2D eigenvalue weighted by Gasteiger charge is 2.47. The summed E-state index contributed by atoms with van der Waals surface area (Å²) in [5, 5.41) is 21.5. The molecule has 0 bridgehead atoms. The number of benzene rings is 2. The highest BCUT2D eigenvalue weighted by molar-refractivity contribution is 6.11. The van der Waals surface area contributed by atoms with Crippen molar-refractivity contribution in [2.24, 2.45) is 0 Å². The summed E-state index contributed by atoms with van der Waals surface area (Å²) in [5.74, 6) is -0.394. The molecule has 1 aliphatic carbocycles. The van der Waals surface area contributed by atoms with Crippen LogP contribution in [0.1, 0.15) is 42.7 Å². The van der Waals surface area contributed by atoms with E-state index in [1.165, 1.54) is 0 Å². The molecule has 1 aliphatic rings. The van der Waals surface area contributed by atoms with E-state index in [-0.39, 0.29) is 18.5 Å². The Bertz CT molecular complexity index is 1020. The van der Waals surface area contributed by atoms with Crippen molar-refractivity contribution in [2.45, 2.75) is 37.9 Å². The number of aliphatic hydroxyl groups is 2. The second-order valence-corrected chi connectivity index (χ2v) is 7.46. The summed E-state index contributed by atoms with van der Waals surface area (Å²) in [6.45, 7) is 3.31. The number of carbonyl (C=O) groups is 1. The van der Waals surface area contributed by atoms with E-state index in [2.05, 4.69) is 4.98 Å². The number of para-hydroxylation sites is 2. The zero-order chi connectivity index (χ0) is 18.5. The third kappa shape index (κ3) is 2.60. The zero-order valence-corrected chi connectivity index (χ0v) is 14.7. The van der Waals surface area contributed by atoms with Crippen LogP contribution in [-0.4, -0.2) is 31.6 Å². The minimum Gasteiger partial charge on any atom is -0.390 e. The molecule has 0 saturated carbocycles. The van der Waals surface area contributed by atoms with Gasteiger partial charge in [0.05, 0.1) is 22.3 Å². The van der Waals surface area contributed by atoms with Crippen molar-refractivity contribution in [2.75, 3.05) is 0 Å². The lowest BCUT2D eigenvalue weighted by molar-refractivity contribution is -0.00141. The molecule has 0 radical (unpaired) electrons. The Morgan fingerprint density at radius 3 is 2.19 bits per heavy atom. The third-order valence-electron chi connectivity index (χ3n) is 4.86. The molecular formula is C21H20N2O3. The van der Waals surface area contributed by atoms with E-state index in [1.54, 1.807) is 26.0 Å². The summed E-state index contributed by atoms with van der Waals surface area (Å²) in [6.07, 6.45) is 0.328. The lowest BCUT2D eigenvalue weighted by Crippen LogP contribution is -2.42. The van der Waals surface area contributed by atoms with Gasteiger partial charge in [-0.05, 0) is 38.8 Å². The van der Waals surface area contributed by atoms with Crippen LogP contribution in [0.2, 0.25) is 0 Å². The summed E-state index contributed by atoms with van der Waals surface area (Å²) >= 11 is 0. The highest BCUT2D eigenvalue weighted by Crippen LogP contribution is 2.43. The molecule has 26 heavy (non-hydrogen) atoms. The number of ketones is 1. The summed E-state index contributed by atoms with van der Waals surface area (Å²) in [7, 11) is 0. The molecule has 1 atom stereocenters. The third-order valence-corrected chi connectivity index (χ3v) is 4.86. The molecule has 1 unspecified atom stereocenters. The zero-order valence-electron chi connectivity index (χ0n) is 14.7. The maximum Gasteiger partial charge on any atom is 0.201 e. The van der Waals surface area contributed by atoms with Gasteiger partial charge in [0.2, 0.25) is 5.78 Å². The fourth-order valence-corrected chi connectivity index (χ4v) is 3.41. The molecule has 5 heteroatoms. The molecule has 0 spiro atoms. The lowest BCUT2D eigenvalue weighted by atomic mass is 9.75. The van der Waals surface area contributed by atoms with Crippen molar-refractivity contribution < 1.29 is 15.0 Å². The molecule has 2 N–H and O–H groups in total. The first kappa shape index (κ1) is 16.8. The van der Waals surface area contributed by atoms with Gasteiger partial charge in [-0.1, -0.05) is 36.4 Å². The van der Waals surface area contributed by atoms with Crippen molar-refractivity contribution in [1.29, 1.82) is 0 Å². The monoisotopic (exact) mass is 348 g/mol. The first-order valence-corrected chi connectivity index (χ1v) is 8.66. The quantitative estimate of drug-likeness (QED) is 0.759. The van der Waals surface area contributed by atoms with Crippen LogP contribution in [0, 0.1) is 0 Å². The Kier molecular flexibility index (Phi) is 3.68. The fourth-order valence-electron chi connectivity index (χ4n) is 3.41. The fraction of sp³-hybridized carbons (Fsp3) is 0.286. The first-order valence-electron chi connectivity index (χ1n) is 8.66.